The first-order chi connectivity index (χ1) is 10.2. The fraction of sp³-hybridized carbons (Fsp3) is 0.0714. The predicted molar refractivity (Wildman–Crippen MR) is 76.0 cm³/mol. The van der Waals surface area contributed by atoms with E-state index in [4.69, 9.17) is 4.74 Å². The minimum Gasteiger partial charge on any atom is -0.466 e. The van der Waals surface area contributed by atoms with Crippen molar-refractivity contribution in [3.05, 3.63) is 52.5 Å². The van der Waals surface area contributed by atoms with Gasteiger partial charge in [-0.1, -0.05) is 18.2 Å². The van der Waals surface area contributed by atoms with Crippen molar-refractivity contribution in [1.29, 1.82) is 0 Å². The molecule has 0 aliphatic carbocycles. The Hall–Kier alpha value is -2.54. The van der Waals surface area contributed by atoms with Crippen LogP contribution in [0.2, 0.25) is 0 Å². The number of carbonyl (C=O) groups is 1. The van der Waals surface area contributed by atoms with Crippen LogP contribution in [-0.2, 0) is 0 Å². The third kappa shape index (κ3) is 2.43. The van der Waals surface area contributed by atoms with Crippen LogP contribution in [0.4, 0.5) is 4.39 Å². The fourth-order valence-corrected chi connectivity index (χ4v) is 2.49. The van der Waals surface area contributed by atoms with Gasteiger partial charge >= 0.3 is 6.01 Å². The molecule has 2 aromatic heterocycles. The lowest BCUT2D eigenvalue weighted by atomic mass is 10.2. The number of nitrogens with zero attached hydrogens (tertiary/aromatic N) is 3. The number of aromatic nitrogens is 3. The molecule has 0 fully saturated rings. The summed E-state index contributed by atoms with van der Waals surface area (Å²) < 4.78 is 20.0. The zero-order valence-corrected chi connectivity index (χ0v) is 11.8. The van der Waals surface area contributed by atoms with Crippen LogP contribution < -0.4 is 4.74 Å². The van der Waals surface area contributed by atoms with Crippen molar-refractivity contribution in [2.24, 2.45) is 0 Å². The van der Waals surface area contributed by atoms with Gasteiger partial charge in [-0.25, -0.2) is 4.39 Å². The third-order valence-corrected chi connectivity index (χ3v) is 3.67. The molecular weight excluding hydrogens is 293 g/mol. The van der Waals surface area contributed by atoms with Gasteiger partial charge in [0.2, 0.25) is 0 Å². The second-order valence-corrected chi connectivity index (χ2v) is 5.04. The van der Waals surface area contributed by atoms with E-state index in [0.29, 0.717) is 4.88 Å². The zero-order valence-electron chi connectivity index (χ0n) is 11.0. The van der Waals surface area contributed by atoms with Crippen molar-refractivity contribution < 1.29 is 13.9 Å². The zero-order chi connectivity index (χ0) is 14.8. The number of rotatable bonds is 3. The maximum absolute atomic E-state index is 13.9. The van der Waals surface area contributed by atoms with Crippen molar-refractivity contribution in [2.75, 3.05) is 7.11 Å². The lowest BCUT2D eigenvalue weighted by molar-refractivity contribution is 0.0949. The average molecular weight is 303 g/mol. The van der Waals surface area contributed by atoms with Crippen molar-refractivity contribution in [3.8, 4) is 17.4 Å². The van der Waals surface area contributed by atoms with Crippen LogP contribution in [0.5, 0.6) is 6.01 Å². The Bertz CT molecular complexity index is 783. The van der Waals surface area contributed by atoms with E-state index in [1.807, 2.05) is 0 Å². The second-order valence-electron chi connectivity index (χ2n) is 4.10. The molecule has 0 bridgehead atoms. The predicted octanol–water partition coefficient (Wildman–Crippen LogP) is 2.84. The first kappa shape index (κ1) is 13.4. The molecule has 0 saturated carbocycles. The molecule has 0 radical (unpaired) electrons. The highest BCUT2D eigenvalue weighted by atomic mass is 32.1. The second kappa shape index (κ2) is 5.45. The topological polar surface area (TPSA) is 57.0 Å². The van der Waals surface area contributed by atoms with E-state index in [-0.39, 0.29) is 23.3 Å². The summed E-state index contributed by atoms with van der Waals surface area (Å²) in [6, 6.07) is 9.52. The van der Waals surface area contributed by atoms with Crippen molar-refractivity contribution >= 4 is 17.2 Å². The molecule has 0 N–H and O–H groups in total. The largest absolute Gasteiger partial charge is 0.466 e. The Kier molecular flexibility index (Phi) is 3.49. The van der Waals surface area contributed by atoms with Gasteiger partial charge in [0.25, 0.3) is 5.91 Å². The number of thiophene rings is 1. The fourth-order valence-electron chi connectivity index (χ4n) is 1.84. The van der Waals surface area contributed by atoms with E-state index in [0.717, 1.165) is 4.68 Å². The molecule has 5 nitrogen and oxygen atoms in total. The van der Waals surface area contributed by atoms with E-state index in [2.05, 4.69) is 10.1 Å². The van der Waals surface area contributed by atoms with Gasteiger partial charge in [-0.15, -0.1) is 16.4 Å². The van der Waals surface area contributed by atoms with Crippen LogP contribution >= 0.6 is 11.3 Å². The molecule has 106 valence electrons. The van der Waals surface area contributed by atoms with Crippen molar-refractivity contribution in [3.63, 3.8) is 0 Å². The van der Waals surface area contributed by atoms with Gasteiger partial charge in [0.05, 0.1) is 17.6 Å². The van der Waals surface area contributed by atoms with Gasteiger partial charge < -0.3 is 4.74 Å². The summed E-state index contributed by atoms with van der Waals surface area (Å²) in [6.45, 7) is 0. The number of ether oxygens (including phenoxy) is 1. The third-order valence-electron chi connectivity index (χ3n) is 2.81. The van der Waals surface area contributed by atoms with Crippen LogP contribution in [0.1, 0.15) is 9.67 Å². The normalized spacial score (nSPS) is 10.6. The number of hydrogen-bond donors (Lipinski definition) is 0. The van der Waals surface area contributed by atoms with Gasteiger partial charge in [0.15, 0.2) is 5.82 Å². The molecule has 1 aromatic carbocycles. The summed E-state index contributed by atoms with van der Waals surface area (Å²) in [5.74, 6) is -0.741. The summed E-state index contributed by atoms with van der Waals surface area (Å²) in [4.78, 5) is 17.0. The van der Waals surface area contributed by atoms with E-state index in [9.17, 15) is 9.18 Å². The summed E-state index contributed by atoms with van der Waals surface area (Å²) >= 11 is 1.28. The average Bonchev–Trinajstić information content (AvgIpc) is 3.16. The molecule has 0 saturated heterocycles. The van der Waals surface area contributed by atoms with Crippen LogP contribution in [0.25, 0.3) is 11.4 Å². The van der Waals surface area contributed by atoms with E-state index < -0.39 is 5.82 Å². The standard InChI is InChI=1S/C14H10FN3O2S/c1-20-14-16-12(9-5-2-3-6-10(9)15)18(17-14)13(19)11-7-4-8-21-11/h2-8H,1H3. The van der Waals surface area contributed by atoms with Crippen LogP contribution in [0.3, 0.4) is 0 Å². The summed E-state index contributed by atoms with van der Waals surface area (Å²) in [6.07, 6.45) is 0. The first-order valence-electron chi connectivity index (χ1n) is 6.05. The van der Waals surface area contributed by atoms with Gasteiger partial charge in [-0.3, -0.25) is 4.79 Å². The number of carbonyl (C=O) groups excluding carboxylic acids is 1. The maximum Gasteiger partial charge on any atom is 0.336 e. The summed E-state index contributed by atoms with van der Waals surface area (Å²) in [5.41, 5.74) is 0.193. The molecule has 2 heterocycles. The highest BCUT2D eigenvalue weighted by Crippen LogP contribution is 2.24. The summed E-state index contributed by atoms with van der Waals surface area (Å²) in [7, 11) is 1.39. The number of halogens is 1. The van der Waals surface area contributed by atoms with E-state index in [1.165, 1.54) is 30.6 Å². The minimum atomic E-state index is -0.479. The number of methoxy groups -OCH3 is 1. The minimum absolute atomic E-state index is 0.0122. The molecule has 3 rings (SSSR count). The maximum atomic E-state index is 13.9. The van der Waals surface area contributed by atoms with Crippen LogP contribution in [-0.4, -0.2) is 27.8 Å². The molecule has 7 heteroatoms. The van der Waals surface area contributed by atoms with Crippen LogP contribution in [0, 0.1) is 5.82 Å². The Morgan fingerprint density at radius 3 is 2.76 bits per heavy atom. The molecule has 0 aliphatic rings. The van der Waals surface area contributed by atoms with E-state index in [1.54, 1.807) is 29.6 Å². The molecular formula is C14H10FN3O2S. The number of benzene rings is 1. The van der Waals surface area contributed by atoms with Crippen LogP contribution in [0.15, 0.2) is 41.8 Å². The smallest absolute Gasteiger partial charge is 0.336 e. The summed E-state index contributed by atoms with van der Waals surface area (Å²) in [5, 5.41) is 5.76. The van der Waals surface area contributed by atoms with Crippen molar-refractivity contribution in [1.82, 2.24) is 14.8 Å². The molecule has 21 heavy (non-hydrogen) atoms. The first-order valence-corrected chi connectivity index (χ1v) is 6.93. The lowest BCUT2D eigenvalue weighted by Crippen LogP contribution is -2.14. The Balaban J connectivity index is 2.15. The quantitative estimate of drug-likeness (QED) is 0.746. The molecule has 0 aliphatic heterocycles. The molecule has 0 amide bonds. The lowest BCUT2D eigenvalue weighted by Gasteiger charge is -2.03. The van der Waals surface area contributed by atoms with E-state index >= 15 is 0 Å². The number of hydrogen-bond acceptors (Lipinski definition) is 5. The highest BCUT2D eigenvalue weighted by molar-refractivity contribution is 7.12. The van der Waals surface area contributed by atoms with Gasteiger partial charge in [-0.2, -0.15) is 9.67 Å². The van der Waals surface area contributed by atoms with Gasteiger partial charge in [0, 0.05) is 0 Å². The van der Waals surface area contributed by atoms with Crippen molar-refractivity contribution in [2.45, 2.75) is 0 Å². The highest BCUT2D eigenvalue weighted by Gasteiger charge is 2.21. The monoisotopic (exact) mass is 303 g/mol. The molecule has 0 unspecified atom stereocenters. The van der Waals surface area contributed by atoms with Gasteiger partial charge in [-0.05, 0) is 23.6 Å². The molecule has 0 spiro atoms. The Morgan fingerprint density at radius 1 is 1.29 bits per heavy atom. The Labute approximate surface area is 123 Å². The SMILES string of the molecule is COc1nc(-c2ccccc2F)n(C(=O)c2cccs2)n1. The molecule has 0 atom stereocenters. The molecule has 3 aromatic rings. The Morgan fingerprint density at radius 2 is 2.10 bits per heavy atom. The van der Waals surface area contributed by atoms with Gasteiger partial charge in [0.1, 0.15) is 5.82 Å².